The molecule has 0 aliphatic carbocycles. The highest BCUT2D eigenvalue weighted by molar-refractivity contribution is 8.13. The first-order chi connectivity index (χ1) is 23.0. The van der Waals surface area contributed by atoms with Crippen LogP contribution in [0.1, 0.15) is 156 Å². The van der Waals surface area contributed by atoms with Crippen molar-refractivity contribution in [2.75, 3.05) is 32.0 Å². The van der Waals surface area contributed by atoms with E-state index < -0.39 is 0 Å². The number of hydrogen-bond donors (Lipinski definition) is 1. The topological polar surface area (TPSA) is 98.9 Å². The van der Waals surface area contributed by atoms with E-state index in [0.717, 1.165) is 96.3 Å². The summed E-state index contributed by atoms with van der Waals surface area (Å²) in [6, 6.07) is 0. The predicted octanol–water partition coefficient (Wildman–Crippen LogP) is 10.5. The van der Waals surface area contributed by atoms with E-state index in [-0.39, 0.29) is 23.3 Å². The normalized spacial score (nSPS) is 11.8. The molecule has 0 saturated carbocycles. The Hall–Kier alpha value is -2.06. The second kappa shape index (κ2) is 35.3. The van der Waals surface area contributed by atoms with Crippen molar-refractivity contribution in [2.45, 2.75) is 162 Å². The highest BCUT2D eigenvalue weighted by atomic mass is 32.2. The van der Waals surface area contributed by atoms with E-state index in [9.17, 15) is 14.4 Å². The molecule has 0 fully saturated rings. The molecule has 0 atom stereocenters. The Morgan fingerprint density at radius 2 is 1.19 bits per heavy atom. The van der Waals surface area contributed by atoms with Gasteiger partial charge in [-0.3, -0.25) is 14.4 Å². The molecule has 0 aromatic carbocycles. The number of nitrogens with two attached hydrogens (primary N) is 1. The quantitative estimate of drug-likeness (QED) is 0.0429. The van der Waals surface area contributed by atoms with Crippen molar-refractivity contribution < 1.29 is 23.9 Å². The van der Waals surface area contributed by atoms with Crippen LogP contribution in [0.2, 0.25) is 0 Å². The molecule has 0 saturated heterocycles. The Balaban J connectivity index is 4.42. The number of allylic oxidation sites excluding steroid dienone is 5. The van der Waals surface area contributed by atoms with E-state index in [1.54, 1.807) is 0 Å². The lowest BCUT2D eigenvalue weighted by atomic mass is 10.1. The maximum Gasteiger partial charge on any atom is 0.306 e. The van der Waals surface area contributed by atoms with Crippen molar-refractivity contribution in [1.29, 1.82) is 0 Å². The molecular formula is C39H70N2O5S. The van der Waals surface area contributed by atoms with Crippen molar-refractivity contribution in [3.63, 3.8) is 0 Å². The van der Waals surface area contributed by atoms with E-state index in [1.165, 1.54) is 37.4 Å². The number of carbonyl (C=O) groups excluding carboxylic acids is 3. The molecule has 272 valence electrons. The van der Waals surface area contributed by atoms with E-state index >= 15 is 0 Å². The number of amides is 1. The summed E-state index contributed by atoms with van der Waals surface area (Å²) >= 11 is 1.27. The molecule has 0 heterocycles. The Labute approximate surface area is 292 Å². The molecule has 0 aromatic rings. The van der Waals surface area contributed by atoms with Crippen LogP contribution >= 0.6 is 11.8 Å². The largest absolute Gasteiger partial charge is 0.462 e. The Morgan fingerprint density at radius 1 is 0.638 bits per heavy atom. The first kappa shape index (κ1) is 44.9. The summed E-state index contributed by atoms with van der Waals surface area (Å²) in [4.78, 5) is 39.4. The Bertz CT molecular complexity index is 825. The van der Waals surface area contributed by atoms with Crippen LogP contribution in [-0.4, -0.2) is 60.2 Å². The molecule has 0 radical (unpaired) electrons. The third-order valence-electron chi connectivity index (χ3n) is 7.80. The van der Waals surface area contributed by atoms with Crippen molar-refractivity contribution in [2.24, 2.45) is 5.73 Å². The molecule has 1 amide bonds. The maximum atomic E-state index is 12.8. The van der Waals surface area contributed by atoms with E-state index in [4.69, 9.17) is 15.2 Å². The van der Waals surface area contributed by atoms with E-state index in [1.807, 2.05) is 11.0 Å². The van der Waals surface area contributed by atoms with Gasteiger partial charge in [-0.15, -0.1) is 0 Å². The Kier molecular flexibility index (Phi) is 33.7. The fourth-order valence-corrected chi connectivity index (χ4v) is 5.65. The molecule has 0 unspecified atom stereocenters. The zero-order valence-electron chi connectivity index (χ0n) is 30.4. The zero-order chi connectivity index (χ0) is 34.6. The van der Waals surface area contributed by atoms with E-state index in [0.29, 0.717) is 44.8 Å². The van der Waals surface area contributed by atoms with Gasteiger partial charge < -0.3 is 20.1 Å². The summed E-state index contributed by atoms with van der Waals surface area (Å²) < 4.78 is 11.2. The first-order valence-corrected chi connectivity index (χ1v) is 19.9. The summed E-state index contributed by atoms with van der Waals surface area (Å²) in [5, 5.41) is 0.0552. The second-order valence-electron chi connectivity index (χ2n) is 12.3. The summed E-state index contributed by atoms with van der Waals surface area (Å²) in [5.41, 5.74) is 5.63. The monoisotopic (exact) mass is 679 g/mol. The lowest BCUT2D eigenvalue weighted by molar-refractivity contribution is -0.149. The lowest BCUT2D eigenvalue weighted by Gasteiger charge is -2.22. The van der Waals surface area contributed by atoms with Gasteiger partial charge in [0.05, 0.1) is 0 Å². The predicted molar refractivity (Wildman–Crippen MR) is 201 cm³/mol. The van der Waals surface area contributed by atoms with Gasteiger partial charge in [-0.2, -0.15) is 0 Å². The van der Waals surface area contributed by atoms with Crippen LogP contribution in [0.5, 0.6) is 0 Å². The summed E-state index contributed by atoms with van der Waals surface area (Å²) in [5.74, 6) is 0.322. The molecule has 0 aromatic heterocycles. The standard InChI is InChI=1S/C39H70N2O5S/c1-4-7-10-13-14-17-26-34-45-37(42)29-22-18-24-32-41(39(44)47-35-31-40)33-25-19-23-30-38(43)46-36(27-20-15-11-8-5-2)28-21-16-12-9-6-3/h11-12,15-17,26,36H,4-10,13-14,18-25,27-35,40H2,1-3H3/b15-11+,16-12+,26-17-. The van der Waals surface area contributed by atoms with Gasteiger partial charge in [-0.1, -0.05) is 114 Å². The van der Waals surface area contributed by atoms with Crippen LogP contribution in [-0.2, 0) is 19.1 Å². The minimum absolute atomic E-state index is 0.0449. The molecular weight excluding hydrogens is 609 g/mol. The number of hydrogen-bond acceptors (Lipinski definition) is 7. The van der Waals surface area contributed by atoms with Crippen LogP contribution in [0.4, 0.5) is 4.79 Å². The molecule has 8 heteroatoms. The molecule has 47 heavy (non-hydrogen) atoms. The third-order valence-corrected chi connectivity index (χ3v) is 8.75. The molecule has 7 nitrogen and oxygen atoms in total. The van der Waals surface area contributed by atoms with Crippen molar-refractivity contribution in [3.05, 3.63) is 36.5 Å². The van der Waals surface area contributed by atoms with Gasteiger partial charge >= 0.3 is 11.9 Å². The van der Waals surface area contributed by atoms with Gasteiger partial charge in [0.15, 0.2) is 0 Å². The van der Waals surface area contributed by atoms with Crippen molar-refractivity contribution in [1.82, 2.24) is 4.90 Å². The van der Waals surface area contributed by atoms with Crippen LogP contribution in [0.15, 0.2) is 36.5 Å². The van der Waals surface area contributed by atoms with Gasteiger partial charge in [0.25, 0.3) is 5.24 Å². The lowest BCUT2D eigenvalue weighted by Crippen LogP contribution is -2.30. The summed E-state index contributed by atoms with van der Waals surface area (Å²) in [6.45, 7) is 8.69. The molecule has 0 spiro atoms. The molecule has 0 aliphatic rings. The van der Waals surface area contributed by atoms with Gasteiger partial charge in [-0.25, -0.2) is 0 Å². The molecule has 0 bridgehead atoms. The molecule has 0 rings (SSSR count). The van der Waals surface area contributed by atoms with Gasteiger partial charge in [0, 0.05) is 38.2 Å². The fraction of sp³-hybridized carbons (Fsp3) is 0.769. The zero-order valence-corrected chi connectivity index (χ0v) is 31.2. The minimum atomic E-state index is -0.162. The SMILES string of the molecule is CCC/C=C/CCC(CC/C=C/CCC)OC(=O)CCCCCN(CCCCCC(=O)OC/C=C\CCCCCC)C(=O)SCCN. The van der Waals surface area contributed by atoms with Gasteiger partial charge in [0.1, 0.15) is 12.7 Å². The van der Waals surface area contributed by atoms with E-state index in [2.05, 4.69) is 51.2 Å². The first-order valence-electron chi connectivity index (χ1n) is 18.9. The Morgan fingerprint density at radius 3 is 1.77 bits per heavy atom. The third kappa shape index (κ3) is 31.0. The molecule has 2 N–H and O–H groups in total. The average molecular weight is 679 g/mol. The van der Waals surface area contributed by atoms with Gasteiger partial charge in [-0.05, 0) is 77.0 Å². The average Bonchev–Trinajstić information content (AvgIpc) is 3.06. The number of thioether (sulfide) groups is 1. The number of rotatable bonds is 32. The van der Waals surface area contributed by atoms with Crippen molar-refractivity contribution >= 4 is 28.9 Å². The summed E-state index contributed by atoms with van der Waals surface area (Å²) in [7, 11) is 0. The highest BCUT2D eigenvalue weighted by Crippen LogP contribution is 2.16. The number of unbranched alkanes of at least 4 members (excludes halogenated alkanes) is 10. The molecule has 0 aliphatic heterocycles. The number of nitrogens with zero attached hydrogens (tertiary/aromatic N) is 1. The summed E-state index contributed by atoms with van der Waals surface area (Å²) in [6.07, 6.45) is 32.6. The van der Waals surface area contributed by atoms with Crippen LogP contribution in [0.25, 0.3) is 0 Å². The maximum absolute atomic E-state index is 12.8. The number of ether oxygens (including phenoxy) is 2. The van der Waals surface area contributed by atoms with Crippen LogP contribution in [0.3, 0.4) is 0 Å². The second-order valence-corrected chi connectivity index (χ2v) is 13.3. The highest BCUT2D eigenvalue weighted by Gasteiger charge is 2.15. The number of esters is 2. The minimum Gasteiger partial charge on any atom is -0.462 e. The van der Waals surface area contributed by atoms with Crippen LogP contribution < -0.4 is 5.73 Å². The van der Waals surface area contributed by atoms with Crippen molar-refractivity contribution in [3.8, 4) is 0 Å². The van der Waals surface area contributed by atoms with Gasteiger partial charge in [0.2, 0.25) is 0 Å². The van der Waals surface area contributed by atoms with Crippen LogP contribution in [0, 0.1) is 0 Å². The smallest absolute Gasteiger partial charge is 0.306 e. The fourth-order valence-electron chi connectivity index (χ4n) is 4.99. The number of carbonyl (C=O) groups is 3.